The van der Waals surface area contributed by atoms with Crippen molar-refractivity contribution in [2.75, 3.05) is 0 Å². The molecule has 4 nitrogen and oxygen atoms in total. The van der Waals surface area contributed by atoms with Crippen LogP contribution in [0.4, 0.5) is 4.39 Å². The maximum Gasteiger partial charge on any atom is 0.341 e. The number of aromatic nitrogens is 1. The summed E-state index contributed by atoms with van der Waals surface area (Å²) in [5, 5.41) is 9.10. The highest BCUT2D eigenvalue weighted by molar-refractivity contribution is 5.95. The van der Waals surface area contributed by atoms with E-state index in [1.54, 1.807) is 0 Å². The molecule has 1 N–H and O–H groups in total. The Balaban J connectivity index is 2.72. The first-order chi connectivity index (χ1) is 8.50. The summed E-state index contributed by atoms with van der Waals surface area (Å²) in [7, 11) is 1.48. The van der Waals surface area contributed by atoms with Crippen LogP contribution in [0.15, 0.2) is 41.3 Å². The normalized spacial score (nSPS) is 10.3. The molecule has 0 atom stereocenters. The lowest BCUT2D eigenvalue weighted by Crippen LogP contribution is -2.24. The number of carboxylic acid groups (broad SMARTS) is 1. The van der Waals surface area contributed by atoms with Crippen LogP contribution in [-0.2, 0) is 7.05 Å². The van der Waals surface area contributed by atoms with Crippen molar-refractivity contribution in [2.24, 2.45) is 7.05 Å². The standard InChI is InChI=1S/C13H10FNO3/c1-15-7-6-10(11(12(15)16)13(17)18)8-2-4-9(14)5-3-8/h2-7H,1H3,(H,17,18). The second kappa shape index (κ2) is 4.44. The fourth-order valence-electron chi connectivity index (χ4n) is 1.71. The third-order valence-corrected chi connectivity index (χ3v) is 2.64. The van der Waals surface area contributed by atoms with Gasteiger partial charge in [-0.1, -0.05) is 12.1 Å². The Morgan fingerprint density at radius 3 is 2.39 bits per heavy atom. The molecular formula is C13H10FNO3. The molecule has 0 aliphatic carbocycles. The van der Waals surface area contributed by atoms with E-state index in [0.29, 0.717) is 5.56 Å². The number of benzene rings is 1. The minimum Gasteiger partial charge on any atom is -0.477 e. The molecule has 0 amide bonds. The average molecular weight is 247 g/mol. The third-order valence-electron chi connectivity index (χ3n) is 2.64. The quantitative estimate of drug-likeness (QED) is 0.881. The first kappa shape index (κ1) is 12.0. The number of rotatable bonds is 2. The van der Waals surface area contributed by atoms with E-state index in [1.165, 1.54) is 48.1 Å². The fraction of sp³-hybridized carbons (Fsp3) is 0.0769. The van der Waals surface area contributed by atoms with Crippen molar-refractivity contribution in [3.8, 4) is 11.1 Å². The molecule has 0 unspecified atom stereocenters. The molecule has 0 spiro atoms. The second-order valence-corrected chi connectivity index (χ2v) is 3.83. The van der Waals surface area contributed by atoms with Gasteiger partial charge in [0.1, 0.15) is 11.4 Å². The Bertz CT molecular complexity index is 659. The summed E-state index contributed by atoms with van der Waals surface area (Å²) in [5.74, 6) is -1.71. The molecule has 0 saturated carbocycles. The van der Waals surface area contributed by atoms with Crippen LogP contribution in [0.1, 0.15) is 10.4 Å². The monoisotopic (exact) mass is 247 g/mol. The molecule has 5 heteroatoms. The zero-order chi connectivity index (χ0) is 13.3. The van der Waals surface area contributed by atoms with Crippen LogP contribution in [0.3, 0.4) is 0 Å². The summed E-state index contributed by atoms with van der Waals surface area (Å²) in [6.45, 7) is 0. The van der Waals surface area contributed by atoms with Gasteiger partial charge in [-0.2, -0.15) is 0 Å². The SMILES string of the molecule is Cn1ccc(-c2ccc(F)cc2)c(C(=O)O)c1=O. The maximum absolute atomic E-state index is 12.8. The number of hydrogen-bond acceptors (Lipinski definition) is 2. The molecule has 0 bridgehead atoms. The summed E-state index contributed by atoms with van der Waals surface area (Å²) in [4.78, 5) is 22.9. The second-order valence-electron chi connectivity index (χ2n) is 3.83. The van der Waals surface area contributed by atoms with Gasteiger partial charge in [0.15, 0.2) is 0 Å². The summed E-state index contributed by atoms with van der Waals surface area (Å²) < 4.78 is 14.0. The van der Waals surface area contributed by atoms with Crippen molar-refractivity contribution in [1.82, 2.24) is 4.57 Å². The first-order valence-corrected chi connectivity index (χ1v) is 5.19. The van der Waals surface area contributed by atoms with Gasteiger partial charge in [-0.3, -0.25) is 4.79 Å². The van der Waals surface area contributed by atoms with E-state index >= 15 is 0 Å². The number of nitrogens with zero attached hydrogens (tertiary/aromatic N) is 1. The molecule has 0 aliphatic rings. The highest BCUT2D eigenvalue weighted by Crippen LogP contribution is 2.21. The molecule has 0 fully saturated rings. The summed E-state index contributed by atoms with van der Waals surface area (Å²) >= 11 is 0. The molecule has 2 rings (SSSR count). The number of aryl methyl sites for hydroxylation is 1. The van der Waals surface area contributed by atoms with Crippen LogP contribution in [0.25, 0.3) is 11.1 Å². The predicted molar refractivity (Wildman–Crippen MR) is 64.0 cm³/mol. The van der Waals surface area contributed by atoms with Crippen LogP contribution in [-0.4, -0.2) is 15.6 Å². The molecule has 1 heterocycles. The Hall–Kier alpha value is -2.43. The van der Waals surface area contributed by atoms with Gasteiger partial charge in [0.2, 0.25) is 0 Å². The molecular weight excluding hydrogens is 237 g/mol. The van der Waals surface area contributed by atoms with E-state index < -0.39 is 17.3 Å². The van der Waals surface area contributed by atoms with Gasteiger partial charge >= 0.3 is 5.97 Å². The van der Waals surface area contributed by atoms with Gasteiger partial charge in [0, 0.05) is 18.8 Å². The number of halogens is 1. The van der Waals surface area contributed by atoms with Crippen molar-refractivity contribution in [2.45, 2.75) is 0 Å². The third kappa shape index (κ3) is 2.02. The number of pyridine rings is 1. The van der Waals surface area contributed by atoms with Crippen molar-refractivity contribution >= 4 is 5.97 Å². The smallest absolute Gasteiger partial charge is 0.341 e. The number of carboxylic acids is 1. The van der Waals surface area contributed by atoms with Gasteiger partial charge < -0.3 is 9.67 Å². The Morgan fingerprint density at radius 1 is 1.22 bits per heavy atom. The summed E-state index contributed by atoms with van der Waals surface area (Å²) in [6.07, 6.45) is 1.48. The van der Waals surface area contributed by atoms with E-state index in [2.05, 4.69) is 0 Å². The van der Waals surface area contributed by atoms with E-state index in [9.17, 15) is 14.0 Å². The number of hydrogen-bond donors (Lipinski definition) is 1. The van der Waals surface area contributed by atoms with Crippen molar-refractivity contribution in [1.29, 1.82) is 0 Å². The molecule has 0 saturated heterocycles. The highest BCUT2D eigenvalue weighted by Gasteiger charge is 2.17. The zero-order valence-electron chi connectivity index (χ0n) is 9.55. The van der Waals surface area contributed by atoms with Crippen molar-refractivity contribution in [3.05, 3.63) is 58.3 Å². The lowest BCUT2D eigenvalue weighted by Gasteiger charge is -2.07. The zero-order valence-corrected chi connectivity index (χ0v) is 9.55. The average Bonchev–Trinajstić information content (AvgIpc) is 2.33. The van der Waals surface area contributed by atoms with Crippen molar-refractivity contribution in [3.63, 3.8) is 0 Å². The topological polar surface area (TPSA) is 59.3 Å². The van der Waals surface area contributed by atoms with Gasteiger partial charge in [0.25, 0.3) is 5.56 Å². The molecule has 18 heavy (non-hydrogen) atoms. The van der Waals surface area contributed by atoms with Gasteiger partial charge in [-0.05, 0) is 23.8 Å². The Morgan fingerprint density at radius 2 is 1.83 bits per heavy atom. The Labute approximate surface area is 102 Å². The fourth-order valence-corrected chi connectivity index (χ4v) is 1.71. The van der Waals surface area contributed by atoms with Crippen LogP contribution in [0, 0.1) is 5.82 Å². The minimum atomic E-state index is -1.30. The molecule has 1 aromatic heterocycles. The summed E-state index contributed by atoms with van der Waals surface area (Å²) in [6, 6.07) is 6.85. The number of aromatic carboxylic acids is 1. The molecule has 1 aromatic carbocycles. The lowest BCUT2D eigenvalue weighted by molar-refractivity contribution is 0.0695. The first-order valence-electron chi connectivity index (χ1n) is 5.19. The van der Waals surface area contributed by atoms with Gasteiger partial charge in [-0.15, -0.1) is 0 Å². The summed E-state index contributed by atoms with van der Waals surface area (Å²) in [5.41, 5.74) is -0.131. The van der Waals surface area contributed by atoms with Gasteiger partial charge in [0.05, 0.1) is 0 Å². The van der Waals surface area contributed by atoms with Crippen molar-refractivity contribution < 1.29 is 14.3 Å². The molecule has 92 valence electrons. The van der Waals surface area contributed by atoms with Crippen LogP contribution in [0.5, 0.6) is 0 Å². The lowest BCUT2D eigenvalue weighted by atomic mass is 10.0. The molecule has 0 aliphatic heterocycles. The highest BCUT2D eigenvalue weighted by atomic mass is 19.1. The van der Waals surface area contributed by atoms with Crippen LogP contribution < -0.4 is 5.56 Å². The van der Waals surface area contributed by atoms with E-state index in [1.807, 2.05) is 0 Å². The largest absolute Gasteiger partial charge is 0.477 e. The Kier molecular flexibility index (Phi) is 2.97. The van der Waals surface area contributed by atoms with Gasteiger partial charge in [-0.25, -0.2) is 9.18 Å². The van der Waals surface area contributed by atoms with Crippen LogP contribution >= 0.6 is 0 Å². The van der Waals surface area contributed by atoms with E-state index in [4.69, 9.17) is 5.11 Å². The minimum absolute atomic E-state index is 0.283. The van der Waals surface area contributed by atoms with E-state index in [-0.39, 0.29) is 11.1 Å². The molecule has 2 aromatic rings. The number of carbonyl (C=O) groups is 1. The maximum atomic E-state index is 12.8. The van der Waals surface area contributed by atoms with E-state index in [0.717, 1.165) is 0 Å². The van der Waals surface area contributed by atoms with Crippen LogP contribution in [0.2, 0.25) is 0 Å². The molecule has 0 radical (unpaired) electrons. The predicted octanol–water partition coefficient (Wildman–Crippen LogP) is 1.89.